The predicted molar refractivity (Wildman–Crippen MR) is 60.3 cm³/mol. The fraction of sp³-hybridized carbons (Fsp3) is 0.300. The minimum atomic E-state index is -0.555. The second-order valence-corrected chi connectivity index (χ2v) is 3.59. The number of benzene rings is 1. The number of nitrogens with one attached hydrogen (secondary N) is 1. The molecule has 4 nitrogen and oxygen atoms in total. The summed E-state index contributed by atoms with van der Waals surface area (Å²) >= 11 is 1.63. The molecule has 0 bridgehead atoms. The highest BCUT2D eigenvalue weighted by atomic mass is 32.2. The molecule has 5 heteroatoms. The molecule has 1 rings (SSSR count). The van der Waals surface area contributed by atoms with Gasteiger partial charge in [0.1, 0.15) is 6.61 Å². The molecular formula is C10H13NO3S. The number of amides is 1. The van der Waals surface area contributed by atoms with Crippen LogP contribution in [-0.2, 0) is 4.74 Å². The van der Waals surface area contributed by atoms with Gasteiger partial charge in [-0.15, -0.1) is 11.8 Å². The van der Waals surface area contributed by atoms with Gasteiger partial charge in [-0.25, -0.2) is 4.79 Å². The van der Waals surface area contributed by atoms with Crippen LogP contribution >= 0.6 is 11.8 Å². The van der Waals surface area contributed by atoms with Crippen LogP contribution in [0.2, 0.25) is 0 Å². The second kappa shape index (κ2) is 6.31. The number of aliphatic hydroxyl groups is 1. The van der Waals surface area contributed by atoms with Gasteiger partial charge >= 0.3 is 6.09 Å². The highest BCUT2D eigenvalue weighted by Crippen LogP contribution is 2.17. The summed E-state index contributed by atoms with van der Waals surface area (Å²) in [6, 6.07) is 7.41. The van der Waals surface area contributed by atoms with E-state index in [-0.39, 0.29) is 13.2 Å². The summed E-state index contributed by atoms with van der Waals surface area (Å²) in [5.74, 6) is 0. The van der Waals surface area contributed by atoms with Crippen LogP contribution in [0, 0.1) is 0 Å². The molecule has 0 radical (unpaired) electrons. The number of ether oxygens (including phenoxy) is 1. The van der Waals surface area contributed by atoms with Crippen molar-refractivity contribution in [1.82, 2.24) is 0 Å². The minimum absolute atomic E-state index is 0.00866. The first-order valence-electron chi connectivity index (χ1n) is 4.45. The number of carbonyl (C=O) groups is 1. The first kappa shape index (κ1) is 11.9. The lowest BCUT2D eigenvalue weighted by Gasteiger charge is -2.05. The molecule has 0 aliphatic heterocycles. The molecule has 0 unspecified atom stereocenters. The number of hydrogen-bond acceptors (Lipinski definition) is 4. The molecule has 15 heavy (non-hydrogen) atoms. The largest absolute Gasteiger partial charge is 0.447 e. The zero-order chi connectivity index (χ0) is 11.1. The topological polar surface area (TPSA) is 58.6 Å². The summed E-state index contributed by atoms with van der Waals surface area (Å²) in [4.78, 5) is 12.2. The lowest BCUT2D eigenvalue weighted by molar-refractivity contribution is 0.131. The fourth-order valence-corrected chi connectivity index (χ4v) is 1.37. The SMILES string of the molecule is CSc1ccc(NC(=O)OCCO)cc1. The molecule has 1 aromatic carbocycles. The number of aliphatic hydroxyl groups excluding tert-OH is 1. The quantitative estimate of drug-likeness (QED) is 0.772. The predicted octanol–water partition coefficient (Wildman–Crippen LogP) is 1.95. The Hall–Kier alpha value is -1.20. The van der Waals surface area contributed by atoms with Crippen LogP contribution in [0.15, 0.2) is 29.2 Å². The zero-order valence-corrected chi connectivity index (χ0v) is 9.21. The maximum Gasteiger partial charge on any atom is 0.411 e. The van der Waals surface area contributed by atoms with Crippen molar-refractivity contribution >= 4 is 23.5 Å². The normalized spacial score (nSPS) is 9.73. The van der Waals surface area contributed by atoms with Gasteiger partial charge in [-0.2, -0.15) is 0 Å². The summed E-state index contributed by atoms with van der Waals surface area (Å²) < 4.78 is 4.65. The summed E-state index contributed by atoms with van der Waals surface area (Å²) in [7, 11) is 0. The lowest BCUT2D eigenvalue weighted by atomic mass is 10.3. The van der Waals surface area contributed by atoms with Crippen LogP contribution in [0.5, 0.6) is 0 Å². The van der Waals surface area contributed by atoms with Crippen molar-refractivity contribution in [2.75, 3.05) is 24.8 Å². The highest BCUT2D eigenvalue weighted by molar-refractivity contribution is 7.98. The maximum atomic E-state index is 11.1. The molecule has 0 saturated carbocycles. The molecule has 0 heterocycles. The van der Waals surface area contributed by atoms with Gasteiger partial charge < -0.3 is 9.84 Å². The molecule has 0 fully saturated rings. The Morgan fingerprint density at radius 1 is 1.47 bits per heavy atom. The van der Waals surface area contributed by atoms with Crippen molar-refractivity contribution in [1.29, 1.82) is 0 Å². The molecule has 82 valence electrons. The number of anilines is 1. The molecule has 0 aliphatic carbocycles. The Balaban J connectivity index is 2.46. The van der Waals surface area contributed by atoms with E-state index in [4.69, 9.17) is 5.11 Å². The van der Waals surface area contributed by atoms with Crippen LogP contribution in [0.1, 0.15) is 0 Å². The number of hydrogen-bond donors (Lipinski definition) is 2. The Morgan fingerprint density at radius 2 is 2.13 bits per heavy atom. The van der Waals surface area contributed by atoms with Crippen molar-refractivity contribution in [3.8, 4) is 0 Å². The molecular weight excluding hydrogens is 214 g/mol. The van der Waals surface area contributed by atoms with E-state index in [0.29, 0.717) is 5.69 Å². The van der Waals surface area contributed by atoms with E-state index in [1.54, 1.807) is 23.9 Å². The summed E-state index contributed by atoms with van der Waals surface area (Å²) in [6.45, 7) is -0.159. The summed E-state index contributed by atoms with van der Waals surface area (Å²) in [5.41, 5.74) is 0.677. The molecule has 0 spiro atoms. The monoisotopic (exact) mass is 227 g/mol. The Labute approximate surface area is 92.6 Å². The first-order valence-corrected chi connectivity index (χ1v) is 5.67. The molecule has 2 N–H and O–H groups in total. The van der Waals surface area contributed by atoms with Crippen LogP contribution < -0.4 is 5.32 Å². The highest BCUT2D eigenvalue weighted by Gasteiger charge is 2.01. The van der Waals surface area contributed by atoms with E-state index in [2.05, 4.69) is 10.1 Å². The molecule has 1 amide bonds. The van der Waals surface area contributed by atoms with E-state index in [9.17, 15) is 4.79 Å². The van der Waals surface area contributed by atoms with Gasteiger partial charge in [0.05, 0.1) is 6.61 Å². The zero-order valence-electron chi connectivity index (χ0n) is 8.40. The van der Waals surface area contributed by atoms with Crippen LogP contribution in [0.25, 0.3) is 0 Å². The fourth-order valence-electron chi connectivity index (χ4n) is 0.967. The van der Waals surface area contributed by atoms with Gasteiger partial charge in [-0.05, 0) is 30.5 Å². The molecule has 0 aliphatic rings. The number of rotatable bonds is 4. The van der Waals surface area contributed by atoms with E-state index in [1.165, 1.54) is 0 Å². The molecule has 0 atom stereocenters. The lowest BCUT2D eigenvalue weighted by Crippen LogP contribution is -2.15. The van der Waals surface area contributed by atoms with Crippen LogP contribution in [0.4, 0.5) is 10.5 Å². The average molecular weight is 227 g/mol. The van der Waals surface area contributed by atoms with E-state index < -0.39 is 6.09 Å². The number of carbonyl (C=O) groups excluding carboxylic acids is 1. The second-order valence-electron chi connectivity index (χ2n) is 2.71. The summed E-state index contributed by atoms with van der Waals surface area (Å²) in [5, 5.41) is 11.0. The standard InChI is InChI=1S/C10H13NO3S/c1-15-9-4-2-8(3-5-9)11-10(13)14-7-6-12/h2-5,12H,6-7H2,1H3,(H,11,13). The molecule has 0 saturated heterocycles. The summed E-state index contributed by atoms with van der Waals surface area (Å²) in [6.07, 6.45) is 1.43. The van der Waals surface area contributed by atoms with Crippen molar-refractivity contribution in [2.45, 2.75) is 4.90 Å². The molecule has 0 aromatic heterocycles. The van der Waals surface area contributed by atoms with Crippen molar-refractivity contribution in [3.05, 3.63) is 24.3 Å². The van der Waals surface area contributed by atoms with Crippen LogP contribution in [0.3, 0.4) is 0 Å². The van der Waals surface area contributed by atoms with E-state index >= 15 is 0 Å². The van der Waals surface area contributed by atoms with Gasteiger partial charge in [-0.1, -0.05) is 0 Å². The third kappa shape index (κ3) is 4.22. The average Bonchev–Trinajstić information content (AvgIpc) is 2.27. The van der Waals surface area contributed by atoms with Crippen molar-refractivity contribution in [3.63, 3.8) is 0 Å². The van der Waals surface area contributed by atoms with Crippen molar-refractivity contribution < 1.29 is 14.6 Å². The first-order chi connectivity index (χ1) is 7.26. The number of thioether (sulfide) groups is 1. The Bertz CT molecular complexity index is 313. The third-order valence-electron chi connectivity index (χ3n) is 1.66. The van der Waals surface area contributed by atoms with Crippen molar-refractivity contribution in [2.24, 2.45) is 0 Å². The third-order valence-corrected chi connectivity index (χ3v) is 2.40. The van der Waals surface area contributed by atoms with Gasteiger partial charge in [0.25, 0.3) is 0 Å². The van der Waals surface area contributed by atoms with Gasteiger partial charge in [-0.3, -0.25) is 5.32 Å². The van der Waals surface area contributed by atoms with E-state index in [1.807, 2.05) is 18.4 Å². The Kier molecular flexibility index (Phi) is 5.00. The smallest absolute Gasteiger partial charge is 0.411 e. The molecule has 1 aromatic rings. The van der Waals surface area contributed by atoms with Gasteiger partial charge in [0.2, 0.25) is 0 Å². The van der Waals surface area contributed by atoms with Gasteiger partial charge in [0.15, 0.2) is 0 Å². The maximum absolute atomic E-state index is 11.1. The van der Waals surface area contributed by atoms with E-state index in [0.717, 1.165) is 4.90 Å². The van der Waals surface area contributed by atoms with Crippen LogP contribution in [-0.4, -0.2) is 30.7 Å². The minimum Gasteiger partial charge on any atom is -0.447 e. The van der Waals surface area contributed by atoms with Gasteiger partial charge in [0, 0.05) is 10.6 Å². The Morgan fingerprint density at radius 3 is 2.67 bits per heavy atom.